The van der Waals surface area contributed by atoms with E-state index in [0.29, 0.717) is 45.6 Å². The van der Waals surface area contributed by atoms with Gasteiger partial charge >= 0.3 is 0 Å². The van der Waals surface area contributed by atoms with Crippen molar-refractivity contribution in [1.82, 2.24) is 10.2 Å². The average Bonchev–Trinajstić information content (AvgIpc) is 2.84. The Hall–Kier alpha value is -1.14. The van der Waals surface area contributed by atoms with Crippen LogP contribution in [-0.2, 0) is 14.3 Å². The van der Waals surface area contributed by atoms with Crippen LogP contribution >= 0.6 is 0 Å². The third-order valence-corrected chi connectivity index (χ3v) is 4.37. The second-order valence-corrected chi connectivity index (χ2v) is 5.91. The van der Waals surface area contributed by atoms with Crippen molar-refractivity contribution >= 4 is 11.8 Å². The molecule has 0 aromatic heterocycles. The van der Waals surface area contributed by atoms with Crippen LogP contribution in [0.15, 0.2) is 0 Å². The van der Waals surface area contributed by atoms with E-state index in [4.69, 9.17) is 10.5 Å². The van der Waals surface area contributed by atoms with Gasteiger partial charge in [-0.05, 0) is 26.2 Å². The van der Waals surface area contributed by atoms with E-state index in [1.807, 2.05) is 11.8 Å². The van der Waals surface area contributed by atoms with E-state index in [1.165, 1.54) is 0 Å². The number of hydrogen-bond acceptors (Lipinski definition) is 4. The first-order chi connectivity index (χ1) is 9.57. The van der Waals surface area contributed by atoms with Gasteiger partial charge in [-0.25, -0.2) is 0 Å². The number of nitrogens with one attached hydrogen (secondary N) is 1. The molecule has 2 saturated heterocycles. The van der Waals surface area contributed by atoms with Crippen LogP contribution in [0.5, 0.6) is 0 Å². The molecule has 0 bridgehead atoms. The highest BCUT2D eigenvalue weighted by atomic mass is 16.5. The fourth-order valence-corrected chi connectivity index (χ4v) is 2.94. The standard InChI is InChI=1S/C14H25N3O3/c1-11(9-17-6-2-3-12(17)18)16-13(19)14(10-15)4-7-20-8-5-14/h11H,2-10,15H2,1H3,(H,16,19). The third-order valence-electron chi connectivity index (χ3n) is 4.37. The van der Waals surface area contributed by atoms with Crippen LogP contribution in [-0.4, -0.2) is 55.6 Å². The Morgan fingerprint density at radius 1 is 1.50 bits per heavy atom. The average molecular weight is 283 g/mol. The van der Waals surface area contributed by atoms with Gasteiger partial charge in [0.2, 0.25) is 11.8 Å². The number of ether oxygens (including phenoxy) is 1. The van der Waals surface area contributed by atoms with Gasteiger partial charge in [0.15, 0.2) is 0 Å². The van der Waals surface area contributed by atoms with Crippen molar-refractivity contribution in [2.24, 2.45) is 11.1 Å². The van der Waals surface area contributed by atoms with Crippen molar-refractivity contribution in [3.8, 4) is 0 Å². The summed E-state index contributed by atoms with van der Waals surface area (Å²) in [6.07, 6.45) is 2.89. The van der Waals surface area contributed by atoms with Crippen molar-refractivity contribution in [3.05, 3.63) is 0 Å². The zero-order valence-electron chi connectivity index (χ0n) is 12.2. The molecule has 0 saturated carbocycles. The Labute approximate surface area is 120 Å². The minimum Gasteiger partial charge on any atom is -0.381 e. The molecule has 1 atom stereocenters. The predicted octanol–water partition coefficient (Wildman–Crippen LogP) is -0.131. The van der Waals surface area contributed by atoms with Crippen molar-refractivity contribution in [3.63, 3.8) is 0 Å². The molecule has 0 aromatic rings. The molecular formula is C14H25N3O3. The smallest absolute Gasteiger partial charge is 0.227 e. The maximum absolute atomic E-state index is 12.5. The zero-order valence-corrected chi connectivity index (χ0v) is 12.2. The summed E-state index contributed by atoms with van der Waals surface area (Å²) in [7, 11) is 0. The number of carbonyl (C=O) groups excluding carboxylic acids is 2. The van der Waals surface area contributed by atoms with Gasteiger partial charge in [-0.15, -0.1) is 0 Å². The monoisotopic (exact) mass is 283 g/mol. The molecule has 0 aliphatic carbocycles. The number of amides is 2. The van der Waals surface area contributed by atoms with Crippen LogP contribution in [0.2, 0.25) is 0 Å². The van der Waals surface area contributed by atoms with E-state index in [0.717, 1.165) is 13.0 Å². The number of carbonyl (C=O) groups is 2. The lowest BCUT2D eigenvalue weighted by Crippen LogP contribution is -2.53. The first-order valence-corrected chi connectivity index (χ1v) is 7.44. The molecule has 20 heavy (non-hydrogen) atoms. The predicted molar refractivity (Wildman–Crippen MR) is 75.0 cm³/mol. The first-order valence-electron chi connectivity index (χ1n) is 7.44. The van der Waals surface area contributed by atoms with Gasteiger partial charge in [0, 0.05) is 45.3 Å². The van der Waals surface area contributed by atoms with Crippen LogP contribution in [0, 0.1) is 5.41 Å². The molecule has 0 aromatic carbocycles. The summed E-state index contributed by atoms with van der Waals surface area (Å²) in [4.78, 5) is 25.9. The van der Waals surface area contributed by atoms with E-state index in [-0.39, 0.29) is 17.9 Å². The molecule has 2 aliphatic rings. The largest absolute Gasteiger partial charge is 0.381 e. The molecule has 6 nitrogen and oxygen atoms in total. The van der Waals surface area contributed by atoms with Gasteiger partial charge in [0.05, 0.1) is 5.41 Å². The summed E-state index contributed by atoms with van der Waals surface area (Å²) in [5, 5.41) is 3.02. The number of hydrogen-bond donors (Lipinski definition) is 2. The molecule has 3 N–H and O–H groups in total. The Balaban J connectivity index is 1.87. The van der Waals surface area contributed by atoms with Gasteiger partial charge in [0.25, 0.3) is 0 Å². The minimum absolute atomic E-state index is 0.00226. The zero-order chi connectivity index (χ0) is 14.6. The van der Waals surface area contributed by atoms with Crippen molar-refractivity contribution < 1.29 is 14.3 Å². The Bertz CT molecular complexity index is 367. The quantitative estimate of drug-likeness (QED) is 0.736. The van der Waals surface area contributed by atoms with Crippen LogP contribution in [0.25, 0.3) is 0 Å². The van der Waals surface area contributed by atoms with E-state index in [9.17, 15) is 9.59 Å². The van der Waals surface area contributed by atoms with E-state index in [2.05, 4.69) is 5.32 Å². The molecule has 0 spiro atoms. The molecule has 6 heteroatoms. The Morgan fingerprint density at radius 3 is 2.75 bits per heavy atom. The van der Waals surface area contributed by atoms with Crippen LogP contribution in [0.1, 0.15) is 32.6 Å². The number of likely N-dealkylation sites (tertiary alicyclic amines) is 1. The molecule has 2 fully saturated rings. The SMILES string of the molecule is CC(CN1CCCC1=O)NC(=O)C1(CN)CCOCC1. The van der Waals surface area contributed by atoms with Crippen LogP contribution in [0.4, 0.5) is 0 Å². The van der Waals surface area contributed by atoms with Gasteiger partial charge in [-0.1, -0.05) is 0 Å². The summed E-state index contributed by atoms with van der Waals surface area (Å²) in [6, 6.07) is -0.0455. The Morgan fingerprint density at radius 2 is 2.20 bits per heavy atom. The second-order valence-electron chi connectivity index (χ2n) is 5.91. The van der Waals surface area contributed by atoms with E-state index < -0.39 is 5.41 Å². The van der Waals surface area contributed by atoms with Crippen LogP contribution < -0.4 is 11.1 Å². The molecule has 0 radical (unpaired) electrons. The highest BCUT2D eigenvalue weighted by Gasteiger charge is 2.39. The normalized spacial score (nSPS) is 23.7. The summed E-state index contributed by atoms with van der Waals surface area (Å²) < 4.78 is 5.31. The summed E-state index contributed by atoms with van der Waals surface area (Å²) >= 11 is 0. The maximum atomic E-state index is 12.5. The maximum Gasteiger partial charge on any atom is 0.227 e. The van der Waals surface area contributed by atoms with E-state index in [1.54, 1.807) is 0 Å². The number of nitrogens with zero attached hydrogens (tertiary/aromatic N) is 1. The van der Waals surface area contributed by atoms with Gasteiger partial charge in [0.1, 0.15) is 0 Å². The van der Waals surface area contributed by atoms with E-state index >= 15 is 0 Å². The summed E-state index contributed by atoms with van der Waals surface area (Å²) in [5.74, 6) is 0.188. The highest BCUT2D eigenvalue weighted by Crippen LogP contribution is 2.29. The van der Waals surface area contributed by atoms with Gasteiger partial charge in [-0.2, -0.15) is 0 Å². The lowest BCUT2D eigenvalue weighted by Gasteiger charge is -2.36. The topological polar surface area (TPSA) is 84.7 Å². The highest BCUT2D eigenvalue weighted by molar-refractivity contribution is 5.83. The lowest BCUT2D eigenvalue weighted by atomic mass is 9.79. The van der Waals surface area contributed by atoms with Gasteiger partial charge < -0.3 is 20.7 Å². The third kappa shape index (κ3) is 3.30. The molecule has 114 valence electrons. The molecule has 2 amide bonds. The molecule has 2 rings (SSSR count). The molecular weight excluding hydrogens is 258 g/mol. The van der Waals surface area contributed by atoms with Crippen molar-refractivity contribution in [1.29, 1.82) is 0 Å². The van der Waals surface area contributed by atoms with Crippen LogP contribution in [0.3, 0.4) is 0 Å². The lowest BCUT2D eigenvalue weighted by molar-refractivity contribution is -0.137. The summed E-state index contributed by atoms with van der Waals surface area (Å²) in [5.41, 5.74) is 5.32. The molecule has 1 unspecified atom stereocenters. The summed E-state index contributed by atoms with van der Waals surface area (Å²) in [6.45, 7) is 4.84. The molecule has 2 aliphatic heterocycles. The first kappa shape index (κ1) is 15.3. The number of rotatable bonds is 5. The van der Waals surface area contributed by atoms with Gasteiger partial charge in [-0.3, -0.25) is 9.59 Å². The van der Waals surface area contributed by atoms with Crippen molar-refractivity contribution in [2.75, 3.05) is 32.8 Å². The fourth-order valence-electron chi connectivity index (χ4n) is 2.94. The number of nitrogens with two attached hydrogens (primary N) is 1. The minimum atomic E-state index is -0.498. The Kier molecular flexibility index (Phi) is 4.99. The van der Waals surface area contributed by atoms with Crippen molar-refractivity contribution in [2.45, 2.75) is 38.6 Å². The second kappa shape index (κ2) is 6.54. The fraction of sp³-hybridized carbons (Fsp3) is 0.857. The molecule has 2 heterocycles.